The van der Waals surface area contributed by atoms with Crippen molar-refractivity contribution in [3.8, 4) is 0 Å². The fourth-order valence-corrected chi connectivity index (χ4v) is 1.96. The number of methoxy groups -OCH3 is 1. The van der Waals surface area contributed by atoms with E-state index in [2.05, 4.69) is 25.6 Å². The first-order valence-corrected chi connectivity index (χ1v) is 7.75. The summed E-state index contributed by atoms with van der Waals surface area (Å²) < 4.78 is 15.2. The normalized spacial score (nSPS) is 12.2. The number of rotatable bonds is 8. The van der Waals surface area contributed by atoms with Crippen LogP contribution in [0.15, 0.2) is 9.05 Å². The number of ether oxygens (including phenoxy) is 1. The number of amides is 2. The van der Waals surface area contributed by atoms with Crippen molar-refractivity contribution in [2.24, 2.45) is 0 Å². The highest BCUT2D eigenvalue weighted by molar-refractivity contribution is 5.74. The minimum absolute atomic E-state index is 0.204. The number of nitrogens with zero attached hydrogens (tertiary/aromatic N) is 5. The van der Waals surface area contributed by atoms with Gasteiger partial charge in [0.15, 0.2) is 11.6 Å². The molecule has 132 valence electrons. The van der Waals surface area contributed by atoms with Crippen molar-refractivity contribution in [2.45, 2.75) is 46.4 Å². The summed E-state index contributed by atoms with van der Waals surface area (Å²) in [5, 5.41) is 10.4. The van der Waals surface area contributed by atoms with E-state index >= 15 is 0 Å². The molecule has 0 saturated carbocycles. The van der Waals surface area contributed by atoms with E-state index in [-0.39, 0.29) is 19.2 Å². The molecule has 1 N–H and O–H groups in total. The first-order chi connectivity index (χ1) is 11.6. The van der Waals surface area contributed by atoms with Crippen LogP contribution < -0.4 is 5.32 Å². The summed E-state index contributed by atoms with van der Waals surface area (Å²) in [4.78, 5) is 22.3. The third kappa shape index (κ3) is 4.51. The van der Waals surface area contributed by atoms with Crippen LogP contribution in [0.3, 0.4) is 0 Å². The van der Waals surface area contributed by atoms with E-state index in [1.807, 2.05) is 13.8 Å². The molecule has 0 aliphatic carbocycles. The van der Waals surface area contributed by atoms with Gasteiger partial charge in [0, 0.05) is 20.1 Å². The van der Waals surface area contributed by atoms with Crippen LogP contribution in [0.1, 0.15) is 50.2 Å². The Balaban J connectivity index is 1.94. The third-order valence-corrected chi connectivity index (χ3v) is 3.29. The van der Waals surface area contributed by atoms with Crippen molar-refractivity contribution in [1.29, 1.82) is 0 Å². The lowest BCUT2D eigenvalue weighted by molar-refractivity contribution is 0.174. The van der Waals surface area contributed by atoms with Crippen molar-refractivity contribution in [1.82, 2.24) is 30.5 Å². The molecule has 0 aromatic carbocycles. The highest BCUT2D eigenvalue weighted by Gasteiger charge is 2.21. The van der Waals surface area contributed by atoms with Gasteiger partial charge in [-0.1, -0.05) is 17.2 Å². The zero-order chi connectivity index (χ0) is 17.5. The van der Waals surface area contributed by atoms with Crippen molar-refractivity contribution in [3.63, 3.8) is 0 Å². The molecule has 2 heterocycles. The first-order valence-electron chi connectivity index (χ1n) is 7.75. The van der Waals surface area contributed by atoms with Gasteiger partial charge in [-0.2, -0.15) is 9.97 Å². The molecule has 24 heavy (non-hydrogen) atoms. The Morgan fingerprint density at radius 2 is 2.00 bits per heavy atom. The average molecular weight is 338 g/mol. The summed E-state index contributed by atoms with van der Waals surface area (Å²) in [6.45, 7) is 6.51. The van der Waals surface area contributed by atoms with Gasteiger partial charge in [-0.3, -0.25) is 0 Å². The summed E-state index contributed by atoms with van der Waals surface area (Å²) in [7, 11) is 1.55. The van der Waals surface area contributed by atoms with Crippen molar-refractivity contribution in [3.05, 3.63) is 23.4 Å². The largest absolute Gasteiger partial charge is 0.377 e. The highest BCUT2D eigenvalue weighted by atomic mass is 16.5. The molecule has 2 amide bonds. The van der Waals surface area contributed by atoms with Crippen LogP contribution in [0.5, 0.6) is 0 Å². The second-order valence-electron chi connectivity index (χ2n) is 5.13. The molecule has 1 unspecified atom stereocenters. The van der Waals surface area contributed by atoms with Crippen LogP contribution in [0.2, 0.25) is 0 Å². The lowest BCUT2D eigenvalue weighted by atomic mass is 10.3. The maximum atomic E-state index is 12.4. The molecule has 0 radical (unpaired) electrons. The van der Waals surface area contributed by atoms with Crippen molar-refractivity contribution >= 4 is 6.03 Å². The quantitative estimate of drug-likeness (QED) is 0.768. The molecule has 0 spiro atoms. The van der Waals surface area contributed by atoms with E-state index in [0.29, 0.717) is 36.4 Å². The second kappa shape index (κ2) is 8.39. The molecular formula is C14H22N6O4. The fraction of sp³-hybridized carbons (Fsp3) is 0.643. The van der Waals surface area contributed by atoms with Gasteiger partial charge in [0.1, 0.15) is 19.2 Å². The molecule has 0 saturated heterocycles. The summed E-state index contributed by atoms with van der Waals surface area (Å²) in [6.07, 6.45) is 0.673. The van der Waals surface area contributed by atoms with Gasteiger partial charge < -0.3 is 24.0 Å². The Hall–Kier alpha value is -2.49. The summed E-state index contributed by atoms with van der Waals surface area (Å²) in [6, 6.07) is -0.682. The van der Waals surface area contributed by atoms with Gasteiger partial charge in [0.25, 0.3) is 0 Å². The molecule has 10 heteroatoms. The minimum atomic E-state index is -0.397. The molecule has 2 aromatic rings. The molecule has 0 fully saturated rings. The van der Waals surface area contributed by atoms with E-state index < -0.39 is 6.04 Å². The maximum absolute atomic E-state index is 12.4. The number of carbonyl (C=O) groups excluding carboxylic acids is 1. The van der Waals surface area contributed by atoms with E-state index in [0.717, 1.165) is 0 Å². The number of hydrogen-bond acceptors (Lipinski definition) is 8. The van der Waals surface area contributed by atoms with Gasteiger partial charge >= 0.3 is 6.03 Å². The average Bonchev–Trinajstić information content (AvgIpc) is 3.22. The number of aryl methyl sites for hydroxylation is 1. The Labute approximate surface area is 139 Å². The number of aromatic nitrogens is 4. The van der Waals surface area contributed by atoms with Crippen LogP contribution >= 0.6 is 0 Å². The van der Waals surface area contributed by atoms with E-state index in [1.165, 1.54) is 4.90 Å². The summed E-state index contributed by atoms with van der Waals surface area (Å²) in [5.74, 6) is 1.76. The topological polar surface area (TPSA) is 119 Å². The minimum Gasteiger partial charge on any atom is -0.377 e. The molecule has 10 nitrogen and oxygen atoms in total. The molecule has 1 atom stereocenters. The van der Waals surface area contributed by atoms with Crippen molar-refractivity contribution < 1.29 is 18.6 Å². The standard InChI is InChI=1S/C14H22N6O4/c1-5-10-17-13(24-18-10)9(3)15-14(21)20(6-2)7-12-16-11(8-22-4)19-23-12/h9H,5-8H2,1-4H3,(H,15,21). The molecule has 0 aliphatic rings. The Kier molecular flexibility index (Phi) is 6.24. The van der Waals surface area contributed by atoms with Gasteiger partial charge in [-0.15, -0.1) is 0 Å². The van der Waals surface area contributed by atoms with Gasteiger partial charge in [-0.25, -0.2) is 4.79 Å². The number of urea groups is 1. The van der Waals surface area contributed by atoms with Gasteiger partial charge in [0.2, 0.25) is 11.8 Å². The lowest BCUT2D eigenvalue weighted by Gasteiger charge is -2.21. The fourth-order valence-electron chi connectivity index (χ4n) is 1.96. The molecule has 2 aromatic heterocycles. The maximum Gasteiger partial charge on any atom is 0.318 e. The van der Waals surface area contributed by atoms with Crippen LogP contribution in [0.25, 0.3) is 0 Å². The SMILES string of the molecule is CCc1noc(C(C)NC(=O)N(CC)Cc2nc(COC)no2)n1. The number of carbonyl (C=O) groups is 1. The number of hydrogen-bond donors (Lipinski definition) is 1. The smallest absolute Gasteiger partial charge is 0.318 e. The van der Waals surface area contributed by atoms with E-state index in [9.17, 15) is 4.79 Å². The van der Waals surface area contributed by atoms with E-state index in [1.54, 1.807) is 14.0 Å². The molecular weight excluding hydrogens is 316 g/mol. The van der Waals surface area contributed by atoms with Crippen LogP contribution in [0.4, 0.5) is 4.79 Å². The Morgan fingerprint density at radius 1 is 1.25 bits per heavy atom. The molecule has 2 rings (SSSR count). The van der Waals surface area contributed by atoms with Crippen molar-refractivity contribution in [2.75, 3.05) is 13.7 Å². The van der Waals surface area contributed by atoms with Gasteiger partial charge in [0.05, 0.1) is 0 Å². The number of nitrogens with one attached hydrogen (secondary N) is 1. The summed E-state index contributed by atoms with van der Waals surface area (Å²) >= 11 is 0. The zero-order valence-electron chi connectivity index (χ0n) is 14.3. The first kappa shape index (κ1) is 17.9. The Morgan fingerprint density at radius 3 is 2.62 bits per heavy atom. The van der Waals surface area contributed by atoms with Crippen LogP contribution in [0, 0.1) is 0 Å². The van der Waals surface area contributed by atoms with E-state index in [4.69, 9.17) is 13.8 Å². The monoisotopic (exact) mass is 338 g/mol. The second-order valence-corrected chi connectivity index (χ2v) is 5.13. The third-order valence-electron chi connectivity index (χ3n) is 3.29. The van der Waals surface area contributed by atoms with Gasteiger partial charge in [-0.05, 0) is 13.8 Å². The summed E-state index contributed by atoms with van der Waals surface area (Å²) in [5.41, 5.74) is 0. The Bertz CT molecular complexity index is 655. The predicted molar refractivity (Wildman–Crippen MR) is 81.7 cm³/mol. The molecule has 0 aliphatic heterocycles. The lowest BCUT2D eigenvalue weighted by Crippen LogP contribution is -2.40. The van der Waals surface area contributed by atoms with Crippen LogP contribution in [-0.2, 0) is 24.3 Å². The zero-order valence-corrected chi connectivity index (χ0v) is 14.3. The predicted octanol–water partition coefficient (Wildman–Crippen LogP) is 1.45. The molecule has 0 bridgehead atoms. The highest BCUT2D eigenvalue weighted by Crippen LogP contribution is 2.11. The van der Waals surface area contributed by atoms with Crippen LogP contribution in [-0.4, -0.2) is 44.9 Å².